The van der Waals surface area contributed by atoms with Gasteiger partial charge in [0.25, 0.3) is 0 Å². The fourth-order valence-corrected chi connectivity index (χ4v) is 1.08. The van der Waals surface area contributed by atoms with Crippen LogP contribution in [-0.4, -0.2) is 4.98 Å². The monoisotopic (exact) mass is 219 g/mol. The summed E-state index contributed by atoms with van der Waals surface area (Å²) < 4.78 is 18.1. The number of hydrogen-bond donors (Lipinski definition) is 0. The molecule has 0 spiro atoms. The van der Waals surface area contributed by atoms with E-state index >= 15 is 0 Å². The molecule has 0 unspecified atom stereocenters. The third-order valence-corrected chi connectivity index (χ3v) is 1.79. The van der Waals surface area contributed by atoms with Gasteiger partial charge in [-0.3, -0.25) is 4.98 Å². The SMILES string of the molecule is C=C/C=C(\C=C/C)OCc1ccc(F)cn1. The smallest absolute Gasteiger partial charge is 0.141 e. The van der Waals surface area contributed by atoms with Crippen molar-refractivity contribution in [2.45, 2.75) is 13.5 Å². The first kappa shape index (κ1) is 12.2. The first-order valence-corrected chi connectivity index (χ1v) is 4.95. The summed E-state index contributed by atoms with van der Waals surface area (Å²) in [6.45, 7) is 5.80. The molecule has 1 rings (SSSR count). The van der Waals surface area contributed by atoms with Gasteiger partial charge in [0.2, 0.25) is 0 Å². The van der Waals surface area contributed by atoms with E-state index in [9.17, 15) is 4.39 Å². The fraction of sp³-hybridized carbons (Fsp3) is 0.154. The van der Waals surface area contributed by atoms with Crippen LogP contribution in [0.15, 0.2) is 55.0 Å². The van der Waals surface area contributed by atoms with Gasteiger partial charge in [-0.2, -0.15) is 0 Å². The molecule has 1 aromatic heterocycles. The van der Waals surface area contributed by atoms with E-state index in [4.69, 9.17) is 4.74 Å². The molecule has 0 amide bonds. The van der Waals surface area contributed by atoms with Crippen molar-refractivity contribution in [2.75, 3.05) is 0 Å². The molecule has 0 fully saturated rings. The maximum Gasteiger partial charge on any atom is 0.141 e. The molecule has 1 aromatic rings. The zero-order chi connectivity index (χ0) is 11.8. The van der Waals surface area contributed by atoms with Crippen LogP contribution in [0.25, 0.3) is 0 Å². The van der Waals surface area contributed by atoms with Crippen LogP contribution < -0.4 is 0 Å². The average Bonchev–Trinajstić information content (AvgIpc) is 2.29. The lowest BCUT2D eigenvalue weighted by molar-refractivity contribution is 0.207. The topological polar surface area (TPSA) is 22.1 Å². The summed E-state index contributed by atoms with van der Waals surface area (Å²) in [6.07, 6.45) is 8.26. The van der Waals surface area contributed by atoms with Gasteiger partial charge in [-0.1, -0.05) is 18.7 Å². The lowest BCUT2D eigenvalue weighted by Gasteiger charge is -2.05. The van der Waals surface area contributed by atoms with Crippen molar-refractivity contribution in [3.05, 3.63) is 66.5 Å². The molecule has 2 nitrogen and oxygen atoms in total. The highest BCUT2D eigenvalue weighted by molar-refractivity contribution is 5.17. The van der Waals surface area contributed by atoms with Crippen molar-refractivity contribution < 1.29 is 9.13 Å². The molecular weight excluding hydrogens is 205 g/mol. The summed E-state index contributed by atoms with van der Waals surface area (Å²) in [6, 6.07) is 2.95. The molecule has 0 atom stereocenters. The van der Waals surface area contributed by atoms with E-state index in [1.54, 1.807) is 18.2 Å². The summed E-state index contributed by atoms with van der Waals surface area (Å²) in [5.41, 5.74) is 0.681. The van der Waals surface area contributed by atoms with Gasteiger partial charge in [-0.25, -0.2) is 4.39 Å². The average molecular weight is 219 g/mol. The van der Waals surface area contributed by atoms with Crippen LogP contribution in [0.5, 0.6) is 0 Å². The summed E-state index contributed by atoms with van der Waals surface area (Å²) in [5, 5.41) is 0. The van der Waals surface area contributed by atoms with Gasteiger partial charge < -0.3 is 4.74 Å². The highest BCUT2D eigenvalue weighted by Gasteiger charge is 1.97. The molecule has 1 heterocycles. The molecule has 16 heavy (non-hydrogen) atoms. The number of nitrogens with zero attached hydrogens (tertiary/aromatic N) is 1. The lowest BCUT2D eigenvalue weighted by Crippen LogP contribution is -1.95. The Labute approximate surface area is 94.8 Å². The molecular formula is C13H14FNO. The van der Waals surface area contributed by atoms with Crippen molar-refractivity contribution in [3.63, 3.8) is 0 Å². The Hall–Kier alpha value is -1.90. The molecule has 0 saturated carbocycles. The molecule has 0 saturated heterocycles. The zero-order valence-corrected chi connectivity index (χ0v) is 9.19. The number of halogens is 1. The first-order valence-electron chi connectivity index (χ1n) is 4.95. The Morgan fingerprint density at radius 2 is 2.38 bits per heavy atom. The predicted octanol–water partition coefficient (Wildman–Crippen LogP) is 3.38. The highest BCUT2D eigenvalue weighted by Crippen LogP contribution is 2.06. The van der Waals surface area contributed by atoms with Crippen LogP contribution in [0, 0.1) is 5.82 Å². The first-order chi connectivity index (χ1) is 7.76. The summed E-state index contributed by atoms with van der Waals surface area (Å²) in [5.74, 6) is 0.350. The Morgan fingerprint density at radius 1 is 1.56 bits per heavy atom. The minimum Gasteiger partial charge on any atom is -0.487 e. The van der Waals surface area contributed by atoms with E-state index in [0.29, 0.717) is 18.1 Å². The van der Waals surface area contributed by atoms with Crippen molar-refractivity contribution >= 4 is 0 Å². The third kappa shape index (κ3) is 4.09. The second-order valence-corrected chi connectivity index (χ2v) is 3.06. The fourth-order valence-electron chi connectivity index (χ4n) is 1.08. The van der Waals surface area contributed by atoms with Gasteiger partial charge in [0.15, 0.2) is 0 Å². The van der Waals surface area contributed by atoms with E-state index in [0.717, 1.165) is 0 Å². The van der Waals surface area contributed by atoms with Gasteiger partial charge in [0.05, 0.1) is 11.9 Å². The maximum absolute atomic E-state index is 12.6. The molecule has 0 aromatic carbocycles. The molecule has 0 aliphatic carbocycles. The van der Waals surface area contributed by atoms with Gasteiger partial charge in [-0.05, 0) is 31.2 Å². The molecule has 0 aliphatic heterocycles. The number of rotatable bonds is 5. The number of ether oxygens (including phenoxy) is 1. The summed E-state index contributed by atoms with van der Waals surface area (Å²) >= 11 is 0. The second-order valence-electron chi connectivity index (χ2n) is 3.06. The van der Waals surface area contributed by atoms with E-state index in [-0.39, 0.29) is 5.82 Å². The highest BCUT2D eigenvalue weighted by atomic mass is 19.1. The van der Waals surface area contributed by atoms with E-state index in [1.165, 1.54) is 12.3 Å². The Bertz CT molecular complexity index is 393. The van der Waals surface area contributed by atoms with Crippen molar-refractivity contribution in [1.82, 2.24) is 4.98 Å². The van der Waals surface area contributed by atoms with Crippen LogP contribution in [0.2, 0.25) is 0 Å². The molecule has 0 radical (unpaired) electrons. The molecule has 0 bridgehead atoms. The maximum atomic E-state index is 12.6. The summed E-state index contributed by atoms with van der Waals surface area (Å²) in [7, 11) is 0. The predicted molar refractivity (Wildman–Crippen MR) is 62.1 cm³/mol. The van der Waals surface area contributed by atoms with Gasteiger partial charge in [-0.15, -0.1) is 0 Å². The zero-order valence-electron chi connectivity index (χ0n) is 9.19. The van der Waals surface area contributed by atoms with Crippen molar-refractivity contribution in [2.24, 2.45) is 0 Å². The normalized spacial score (nSPS) is 11.8. The third-order valence-electron chi connectivity index (χ3n) is 1.79. The number of pyridine rings is 1. The lowest BCUT2D eigenvalue weighted by atomic mass is 10.3. The minimum absolute atomic E-state index is 0.310. The van der Waals surface area contributed by atoms with E-state index in [2.05, 4.69) is 11.6 Å². The minimum atomic E-state index is -0.348. The van der Waals surface area contributed by atoms with E-state index in [1.807, 2.05) is 19.1 Å². The Kier molecular flexibility index (Phi) is 4.99. The van der Waals surface area contributed by atoms with Crippen LogP contribution >= 0.6 is 0 Å². The molecule has 0 aliphatic rings. The van der Waals surface area contributed by atoms with Gasteiger partial charge >= 0.3 is 0 Å². The number of allylic oxidation sites excluding steroid dienone is 4. The number of hydrogen-bond acceptors (Lipinski definition) is 2. The van der Waals surface area contributed by atoms with Crippen molar-refractivity contribution in [3.8, 4) is 0 Å². The standard InChI is InChI=1S/C13H14FNO/c1-3-5-13(6-4-2)16-10-12-8-7-11(14)9-15-12/h3-9H,1,10H2,2H3/b6-4-,13-5+. The summed E-state index contributed by atoms with van der Waals surface area (Å²) in [4.78, 5) is 3.89. The van der Waals surface area contributed by atoms with Crippen molar-refractivity contribution in [1.29, 1.82) is 0 Å². The Morgan fingerprint density at radius 3 is 2.94 bits per heavy atom. The quantitative estimate of drug-likeness (QED) is 0.559. The van der Waals surface area contributed by atoms with E-state index < -0.39 is 0 Å². The van der Waals surface area contributed by atoms with Crippen LogP contribution in [-0.2, 0) is 11.3 Å². The molecule has 3 heteroatoms. The van der Waals surface area contributed by atoms with Crippen LogP contribution in [0.3, 0.4) is 0 Å². The largest absolute Gasteiger partial charge is 0.487 e. The van der Waals surface area contributed by atoms with Crippen LogP contribution in [0.1, 0.15) is 12.6 Å². The van der Waals surface area contributed by atoms with Crippen LogP contribution in [0.4, 0.5) is 4.39 Å². The van der Waals surface area contributed by atoms with Gasteiger partial charge in [0, 0.05) is 0 Å². The molecule has 0 N–H and O–H groups in total. The Balaban J connectivity index is 2.58. The van der Waals surface area contributed by atoms with Gasteiger partial charge in [0.1, 0.15) is 18.2 Å². The second kappa shape index (κ2) is 6.56. The molecule has 84 valence electrons. The number of aromatic nitrogens is 1.